The van der Waals surface area contributed by atoms with Gasteiger partial charge in [0.15, 0.2) is 0 Å². The molecule has 2 nitrogen and oxygen atoms in total. The van der Waals surface area contributed by atoms with Crippen molar-refractivity contribution in [3.8, 4) is 0 Å². The van der Waals surface area contributed by atoms with Crippen LogP contribution in [-0.2, 0) is 11.3 Å². The van der Waals surface area contributed by atoms with Gasteiger partial charge in [-0.1, -0.05) is 24.3 Å². The Hall–Kier alpha value is -0.930. The summed E-state index contributed by atoms with van der Waals surface area (Å²) in [5, 5.41) is 0. The molecule has 3 heteroatoms. The normalized spacial score (nSPS) is 12.8. The van der Waals surface area contributed by atoms with Crippen LogP contribution in [0.4, 0.5) is 4.39 Å². The maximum atomic E-state index is 13.4. The van der Waals surface area contributed by atoms with E-state index in [-0.39, 0.29) is 0 Å². The van der Waals surface area contributed by atoms with Crippen molar-refractivity contribution in [3.05, 3.63) is 35.4 Å². The van der Waals surface area contributed by atoms with Crippen LogP contribution in [0.15, 0.2) is 24.3 Å². The first-order valence-corrected chi connectivity index (χ1v) is 4.70. The largest absolute Gasteiger partial charge is 0.380 e. The molecule has 0 spiro atoms. The molecule has 0 heterocycles. The van der Waals surface area contributed by atoms with Crippen molar-refractivity contribution in [1.82, 2.24) is 0 Å². The smallest absolute Gasteiger partial charge is 0.126 e. The summed E-state index contributed by atoms with van der Waals surface area (Å²) < 4.78 is 18.4. The molecule has 0 amide bonds. The minimum atomic E-state index is -0.961. The highest BCUT2D eigenvalue weighted by atomic mass is 19.1. The Morgan fingerprint density at radius 3 is 2.93 bits per heavy atom. The van der Waals surface area contributed by atoms with Crippen LogP contribution in [0.2, 0.25) is 0 Å². The van der Waals surface area contributed by atoms with Crippen molar-refractivity contribution >= 4 is 0 Å². The molecule has 1 unspecified atom stereocenters. The van der Waals surface area contributed by atoms with Gasteiger partial charge in [0.25, 0.3) is 0 Å². The number of nitrogens with two attached hydrogens (primary N) is 1. The van der Waals surface area contributed by atoms with Crippen molar-refractivity contribution in [1.29, 1.82) is 0 Å². The van der Waals surface area contributed by atoms with Crippen LogP contribution in [0.25, 0.3) is 0 Å². The second kappa shape index (κ2) is 5.73. The highest BCUT2D eigenvalue weighted by Crippen LogP contribution is 2.21. The van der Waals surface area contributed by atoms with Gasteiger partial charge in [0.05, 0.1) is 6.61 Å². The summed E-state index contributed by atoms with van der Waals surface area (Å²) >= 11 is 0. The molecule has 14 heavy (non-hydrogen) atoms. The Bertz CT molecular complexity index is 278. The average molecular weight is 197 g/mol. The van der Waals surface area contributed by atoms with Gasteiger partial charge in [-0.25, -0.2) is 4.39 Å². The second-order valence-electron chi connectivity index (χ2n) is 3.22. The first-order valence-electron chi connectivity index (χ1n) is 4.70. The minimum Gasteiger partial charge on any atom is -0.380 e. The zero-order valence-electron chi connectivity index (χ0n) is 8.37. The molecule has 78 valence electrons. The molecule has 0 aliphatic heterocycles. The number of ether oxygens (including phenoxy) is 1. The molecule has 0 aliphatic carbocycles. The molecule has 1 atom stereocenters. The molecule has 0 saturated carbocycles. The third-order valence-electron chi connectivity index (χ3n) is 2.04. The maximum Gasteiger partial charge on any atom is 0.126 e. The lowest BCUT2D eigenvalue weighted by Crippen LogP contribution is -2.04. The van der Waals surface area contributed by atoms with Crippen molar-refractivity contribution in [2.24, 2.45) is 5.73 Å². The van der Waals surface area contributed by atoms with Gasteiger partial charge in [0.2, 0.25) is 0 Å². The van der Waals surface area contributed by atoms with Gasteiger partial charge in [-0.15, -0.1) is 0 Å². The summed E-state index contributed by atoms with van der Waals surface area (Å²) in [7, 11) is 1.62. The molecule has 2 N–H and O–H groups in total. The number of rotatable bonds is 5. The van der Waals surface area contributed by atoms with Crippen molar-refractivity contribution in [3.63, 3.8) is 0 Å². The Kier molecular flexibility index (Phi) is 4.56. The van der Waals surface area contributed by atoms with Gasteiger partial charge in [-0.05, 0) is 24.1 Å². The molecule has 0 bridgehead atoms. The monoisotopic (exact) mass is 197 g/mol. The lowest BCUT2D eigenvalue weighted by atomic mass is 10.1. The zero-order valence-corrected chi connectivity index (χ0v) is 8.37. The van der Waals surface area contributed by atoms with E-state index in [1.807, 2.05) is 18.2 Å². The number of methoxy groups -OCH3 is 1. The number of hydrogen-bond donors (Lipinski definition) is 1. The van der Waals surface area contributed by atoms with Gasteiger partial charge < -0.3 is 10.5 Å². The summed E-state index contributed by atoms with van der Waals surface area (Å²) in [6, 6.07) is 7.36. The van der Waals surface area contributed by atoms with Gasteiger partial charge in [0, 0.05) is 7.11 Å². The van der Waals surface area contributed by atoms with Crippen LogP contribution in [0.3, 0.4) is 0 Å². The molecule has 0 aromatic heterocycles. The molecule has 1 rings (SSSR count). The van der Waals surface area contributed by atoms with E-state index in [9.17, 15) is 4.39 Å². The van der Waals surface area contributed by atoms with E-state index < -0.39 is 6.17 Å². The molecule has 0 fully saturated rings. The summed E-state index contributed by atoms with van der Waals surface area (Å²) in [5.41, 5.74) is 6.97. The summed E-state index contributed by atoms with van der Waals surface area (Å²) in [4.78, 5) is 0. The number of halogens is 1. The van der Waals surface area contributed by atoms with Crippen molar-refractivity contribution in [2.75, 3.05) is 13.7 Å². The Balaban J connectivity index is 2.71. The Morgan fingerprint density at radius 1 is 1.50 bits per heavy atom. The average Bonchev–Trinajstić information content (AvgIpc) is 2.19. The van der Waals surface area contributed by atoms with Crippen LogP contribution in [0, 0.1) is 0 Å². The highest BCUT2D eigenvalue weighted by molar-refractivity contribution is 5.24. The third kappa shape index (κ3) is 3.09. The fraction of sp³-hybridized carbons (Fsp3) is 0.455. The Morgan fingerprint density at radius 2 is 2.29 bits per heavy atom. The third-order valence-corrected chi connectivity index (χ3v) is 2.04. The van der Waals surface area contributed by atoms with E-state index in [2.05, 4.69) is 0 Å². The molecular weight excluding hydrogens is 181 g/mol. The van der Waals surface area contributed by atoms with Gasteiger partial charge >= 0.3 is 0 Å². The van der Waals surface area contributed by atoms with Crippen LogP contribution in [-0.4, -0.2) is 13.7 Å². The molecule has 1 aromatic rings. The lowest BCUT2D eigenvalue weighted by molar-refractivity contribution is 0.184. The van der Waals surface area contributed by atoms with E-state index in [0.29, 0.717) is 25.1 Å². The molecule has 0 aliphatic rings. The van der Waals surface area contributed by atoms with Crippen LogP contribution < -0.4 is 5.73 Å². The lowest BCUT2D eigenvalue weighted by Gasteiger charge is -2.08. The molecule has 1 aromatic carbocycles. The fourth-order valence-corrected chi connectivity index (χ4v) is 1.36. The number of benzene rings is 1. The first kappa shape index (κ1) is 11.1. The molecular formula is C11H16FNO. The van der Waals surface area contributed by atoms with Gasteiger partial charge in [0.1, 0.15) is 6.17 Å². The standard InChI is InChI=1S/C11H16FNO/c1-14-8-9-3-2-4-10(7-9)11(12)5-6-13/h2-4,7,11H,5-6,8,13H2,1H3. The quantitative estimate of drug-likeness (QED) is 0.785. The molecule has 0 saturated heterocycles. The summed E-state index contributed by atoms with van der Waals surface area (Å²) in [5.74, 6) is 0. The van der Waals surface area contributed by atoms with Crippen molar-refractivity contribution < 1.29 is 9.13 Å². The maximum absolute atomic E-state index is 13.4. The number of hydrogen-bond acceptors (Lipinski definition) is 2. The summed E-state index contributed by atoms with van der Waals surface area (Å²) in [6.45, 7) is 0.888. The van der Waals surface area contributed by atoms with Crippen LogP contribution in [0.1, 0.15) is 23.7 Å². The number of alkyl halides is 1. The second-order valence-corrected chi connectivity index (χ2v) is 3.22. The zero-order chi connectivity index (χ0) is 10.4. The van der Waals surface area contributed by atoms with E-state index in [4.69, 9.17) is 10.5 Å². The topological polar surface area (TPSA) is 35.2 Å². The predicted molar refractivity (Wildman–Crippen MR) is 54.7 cm³/mol. The van der Waals surface area contributed by atoms with E-state index >= 15 is 0 Å². The van der Waals surface area contributed by atoms with E-state index in [1.54, 1.807) is 13.2 Å². The van der Waals surface area contributed by atoms with Gasteiger partial charge in [-0.2, -0.15) is 0 Å². The van der Waals surface area contributed by atoms with Crippen LogP contribution >= 0.6 is 0 Å². The predicted octanol–water partition coefficient (Wildman–Crippen LogP) is 2.19. The van der Waals surface area contributed by atoms with Crippen molar-refractivity contribution in [2.45, 2.75) is 19.2 Å². The van der Waals surface area contributed by atoms with E-state index in [0.717, 1.165) is 5.56 Å². The minimum absolute atomic E-state index is 0.371. The SMILES string of the molecule is COCc1cccc(C(F)CCN)c1. The highest BCUT2D eigenvalue weighted by Gasteiger charge is 2.08. The van der Waals surface area contributed by atoms with E-state index in [1.165, 1.54) is 0 Å². The Labute approximate surface area is 83.9 Å². The van der Waals surface area contributed by atoms with Crippen LogP contribution in [0.5, 0.6) is 0 Å². The fourth-order valence-electron chi connectivity index (χ4n) is 1.36. The molecule has 0 radical (unpaired) electrons. The van der Waals surface area contributed by atoms with Gasteiger partial charge in [-0.3, -0.25) is 0 Å². The summed E-state index contributed by atoms with van der Waals surface area (Å²) in [6.07, 6.45) is -0.590. The first-order chi connectivity index (χ1) is 6.77.